The molecule has 1 fully saturated rings. The summed E-state index contributed by atoms with van der Waals surface area (Å²) in [5.41, 5.74) is 2.78. The summed E-state index contributed by atoms with van der Waals surface area (Å²) in [4.78, 5) is 0. The van der Waals surface area contributed by atoms with Crippen LogP contribution in [0.1, 0.15) is 55.8 Å². The van der Waals surface area contributed by atoms with Crippen LogP contribution in [0.25, 0.3) is 0 Å². The van der Waals surface area contributed by atoms with E-state index in [9.17, 15) is 5.11 Å². The molecule has 8 nitrogen and oxygen atoms in total. The van der Waals surface area contributed by atoms with Crippen molar-refractivity contribution in [3.8, 4) is 34.5 Å². The molecule has 3 aromatic carbocycles. The lowest BCUT2D eigenvalue weighted by atomic mass is 9.85. The molecule has 8 heteroatoms. The van der Waals surface area contributed by atoms with Gasteiger partial charge in [0.25, 0.3) is 0 Å². The molecule has 0 unspecified atom stereocenters. The van der Waals surface area contributed by atoms with Gasteiger partial charge in [-0.25, -0.2) is 0 Å². The van der Waals surface area contributed by atoms with Crippen molar-refractivity contribution in [3.63, 3.8) is 0 Å². The molecule has 0 amide bonds. The van der Waals surface area contributed by atoms with Gasteiger partial charge in [0, 0.05) is 0 Å². The predicted molar refractivity (Wildman–Crippen MR) is 138 cm³/mol. The van der Waals surface area contributed by atoms with E-state index in [4.69, 9.17) is 33.2 Å². The lowest BCUT2D eigenvalue weighted by Gasteiger charge is -2.23. The monoisotopic (exact) mass is 520 g/mol. The van der Waals surface area contributed by atoms with Gasteiger partial charge in [-0.05, 0) is 71.8 Å². The van der Waals surface area contributed by atoms with E-state index >= 15 is 0 Å². The molecule has 3 aliphatic heterocycles. The Morgan fingerprint density at radius 2 is 1.32 bits per heavy atom. The first-order valence-corrected chi connectivity index (χ1v) is 12.9. The van der Waals surface area contributed by atoms with Crippen LogP contribution in [-0.2, 0) is 4.74 Å². The van der Waals surface area contributed by atoms with E-state index in [0.29, 0.717) is 34.5 Å². The van der Waals surface area contributed by atoms with Gasteiger partial charge in [-0.15, -0.1) is 0 Å². The smallest absolute Gasteiger partial charge is 0.231 e. The largest absolute Gasteiger partial charge is 0.493 e. The Hall–Kier alpha value is -3.62. The summed E-state index contributed by atoms with van der Waals surface area (Å²) in [6.45, 7) is 6.68. The summed E-state index contributed by atoms with van der Waals surface area (Å²) in [5.74, 6) is 4.52. The van der Waals surface area contributed by atoms with E-state index in [1.807, 2.05) is 49.4 Å². The van der Waals surface area contributed by atoms with Crippen molar-refractivity contribution < 1.29 is 38.3 Å². The van der Waals surface area contributed by atoms with Gasteiger partial charge in [-0.1, -0.05) is 32.0 Å². The predicted octanol–water partition coefficient (Wildman–Crippen LogP) is 5.74. The number of aliphatic hydroxyl groups excluding tert-OH is 1. The van der Waals surface area contributed by atoms with Crippen molar-refractivity contribution in [1.29, 1.82) is 0 Å². The van der Waals surface area contributed by atoms with Crippen LogP contribution in [0.5, 0.6) is 34.5 Å². The molecule has 6 atom stereocenters. The van der Waals surface area contributed by atoms with E-state index in [0.717, 1.165) is 22.6 Å². The van der Waals surface area contributed by atoms with Gasteiger partial charge in [-0.2, -0.15) is 0 Å². The Morgan fingerprint density at radius 3 is 2.00 bits per heavy atom. The van der Waals surface area contributed by atoms with Crippen molar-refractivity contribution in [1.82, 2.24) is 0 Å². The highest BCUT2D eigenvalue weighted by Crippen LogP contribution is 2.51. The Bertz CT molecular complexity index is 1320. The number of aliphatic hydroxyl groups is 1. The number of methoxy groups -OCH3 is 1. The van der Waals surface area contributed by atoms with Crippen LogP contribution in [0, 0.1) is 11.8 Å². The van der Waals surface area contributed by atoms with Gasteiger partial charge in [-0.3, -0.25) is 0 Å². The summed E-state index contributed by atoms with van der Waals surface area (Å²) < 4.78 is 40.3. The number of benzene rings is 3. The number of ether oxygens (including phenoxy) is 7. The summed E-state index contributed by atoms with van der Waals surface area (Å²) in [5, 5.41) is 10.9. The highest BCUT2D eigenvalue weighted by Gasteiger charge is 2.41. The normalized spacial score (nSPS) is 24.8. The second-order valence-corrected chi connectivity index (χ2v) is 10.1. The van der Waals surface area contributed by atoms with Crippen LogP contribution in [0.4, 0.5) is 0 Å². The SMILES string of the molecule is COc1cc([C@H]2O[C@H](c3ccc4c(c3)OCO4)[C@H](C)[C@H]2C)ccc1O[C@H](C)[C@H](O)c1ccc2c(c1)OCO2. The van der Waals surface area contributed by atoms with Crippen molar-refractivity contribution in [3.05, 3.63) is 71.3 Å². The molecule has 3 aliphatic rings. The van der Waals surface area contributed by atoms with Crippen LogP contribution in [-0.4, -0.2) is 31.9 Å². The van der Waals surface area contributed by atoms with Crippen molar-refractivity contribution in [2.24, 2.45) is 11.8 Å². The zero-order chi connectivity index (χ0) is 26.4. The molecule has 38 heavy (non-hydrogen) atoms. The molecule has 3 aromatic rings. The van der Waals surface area contributed by atoms with Crippen LogP contribution in [0.3, 0.4) is 0 Å². The first-order chi connectivity index (χ1) is 18.4. The maximum absolute atomic E-state index is 10.9. The maximum Gasteiger partial charge on any atom is 0.231 e. The molecule has 1 saturated heterocycles. The number of hydrogen-bond acceptors (Lipinski definition) is 8. The van der Waals surface area contributed by atoms with E-state index in [-0.39, 0.29) is 31.7 Å². The van der Waals surface area contributed by atoms with Gasteiger partial charge < -0.3 is 38.3 Å². The first kappa shape index (κ1) is 24.7. The minimum absolute atomic E-state index is 0.0664. The molecule has 0 spiro atoms. The second kappa shape index (κ2) is 9.93. The summed E-state index contributed by atoms with van der Waals surface area (Å²) in [7, 11) is 1.61. The molecule has 0 radical (unpaired) electrons. The Balaban J connectivity index is 1.18. The highest BCUT2D eigenvalue weighted by molar-refractivity contribution is 5.47. The average molecular weight is 521 g/mol. The van der Waals surface area contributed by atoms with Crippen LogP contribution in [0.2, 0.25) is 0 Å². The first-order valence-electron chi connectivity index (χ1n) is 12.9. The molecule has 3 heterocycles. The highest BCUT2D eigenvalue weighted by atomic mass is 16.7. The molecule has 200 valence electrons. The van der Waals surface area contributed by atoms with Crippen LogP contribution in [0.15, 0.2) is 54.6 Å². The van der Waals surface area contributed by atoms with Gasteiger partial charge in [0.15, 0.2) is 34.5 Å². The quantitative estimate of drug-likeness (QED) is 0.422. The summed E-state index contributed by atoms with van der Waals surface area (Å²) in [6.07, 6.45) is -1.58. The van der Waals surface area contributed by atoms with E-state index in [1.165, 1.54) is 0 Å². The van der Waals surface area contributed by atoms with Crippen molar-refractivity contribution >= 4 is 0 Å². The molecule has 6 rings (SSSR count). The number of fused-ring (bicyclic) bond motifs is 2. The fourth-order valence-corrected chi connectivity index (χ4v) is 5.40. The minimum Gasteiger partial charge on any atom is -0.493 e. The topological polar surface area (TPSA) is 84.8 Å². The Labute approximate surface area is 221 Å². The van der Waals surface area contributed by atoms with Gasteiger partial charge in [0.1, 0.15) is 12.2 Å². The molecule has 0 aromatic heterocycles. The molecule has 0 aliphatic carbocycles. The van der Waals surface area contributed by atoms with E-state index in [1.54, 1.807) is 19.2 Å². The van der Waals surface area contributed by atoms with Gasteiger partial charge >= 0.3 is 0 Å². The fourth-order valence-electron chi connectivity index (χ4n) is 5.40. The fraction of sp³-hybridized carbons (Fsp3) is 0.400. The second-order valence-electron chi connectivity index (χ2n) is 10.1. The third-order valence-electron chi connectivity index (χ3n) is 7.81. The van der Waals surface area contributed by atoms with Crippen molar-refractivity contribution in [2.45, 2.75) is 45.2 Å². The minimum atomic E-state index is -0.865. The van der Waals surface area contributed by atoms with Crippen LogP contribution < -0.4 is 28.4 Å². The standard InChI is InChI=1S/C30H32O8/c1-16-17(2)30(21-6-9-23-27(13-21)36-15-34-23)38-29(16)20-7-10-24(25(12-20)32-4)37-18(3)28(31)19-5-8-22-26(11-19)35-14-33-22/h5-13,16-18,28-31H,14-15H2,1-4H3/t16-,17-,18-,28+,29+,30+/m1/s1. The van der Waals surface area contributed by atoms with E-state index < -0.39 is 12.2 Å². The Morgan fingerprint density at radius 1 is 0.737 bits per heavy atom. The molecule has 0 bridgehead atoms. The third kappa shape index (κ3) is 4.37. The van der Waals surface area contributed by atoms with Gasteiger partial charge in [0.2, 0.25) is 13.6 Å². The zero-order valence-electron chi connectivity index (χ0n) is 21.9. The number of rotatable bonds is 7. The van der Waals surface area contributed by atoms with Crippen LogP contribution >= 0.6 is 0 Å². The summed E-state index contributed by atoms with van der Waals surface area (Å²) in [6, 6.07) is 17.3. The maximum atomic E-state index is 10.9. The molecular weight excluding hydrogens is 488 g/mol. The lowest BCUT2D eigenvalue weighted by Crippen LogP contribution is -2.22. The van der Waals surface area contributed by atoms with E-state index in [2.05, 4.69) is 13.8 Å². The average Bonchev–Trinajstić information content (AvgIpc) is 3.67. The van der Waals surface area contributed by atoms with Gasteiger partial charge in [0.05, 0.1) is 19.3 Å². The molecule has 1 N–H and O–H groups in total. The van der Waals surface area contributed by atoms with Crippen molar-refractivity contribution in [2.75, 3.05) is 20.7 Å². The summed E-state index contributed by atoms with van der Waals surface area (Å²) >= 11 is 0. The number of hydrogen-bond donors (Lipinski definition) is 1. The lowest BCUT2D eigenvalue weighted by molar-refractivity contribution is 0.0285. The Kier molecular flexibility index (Phi) is 6.45. The zero-order valence-corrected chi connectivity index (χ0v) is 21.9. The third-order valence-corrected chi connectivity index (χ3v) is 7.81. The molecule has 0 saturated carbocycles. The molecular formula is C30H32O8.